The number of amides is 2. The molecule has 6 heteroatoms. The molecule has 1 fully saturated rings. The molecule has 27 heavy (non-hydrogen) atoms. The molecule has 5 rings (SSSR count). The fraction of sp³-hybridized carbons (Fsp3) is 0.381. The van der Waals surface area contributed by atoms with Crippen molar-refractivity contribution in [3.05, 3.63) is 52.0 Å². The van der Waals surface area contributed by atoms with Crippen LogP contribution in [0.3, 0.4) is 0 Å². The van der Waals surface area contributed by atoms with E-state index in [-0.39, 0.29) is 11.6 Å². The maximum Gasteiger partial charge on any atom is 0.330 e. The summed E-state index contributed by atoms with van der Waals surface area (Å²) in [7, 11) is 0. The predicted octanol–water partition coefficient (Wildman–Crippen LogP) is 6.24. The van der Waals surface area contributed by atoms with Gasteiger partial charge in [0.1, 0.15) is 5.75 Å². The number of halogens is 2. The van der Waals surface area contributed by atoms with Gasteiger partial charge in [-0.05, 0) is 70.5 Å². The molecule has 0 spiro atoms. The number of hydrogen-bond donors (Lipinski definition) is 0. The van der Waals surface area contributed by atoms with Gasteiger partial charge in [-0.2, -0.15) is 0 Å². The summed E-state index contributed by atoms with van der Waals surface area (Å²) in [5.41, 5.74) is 1.95. The van der Waals surface area contributed by atoms with Crippen LogP contribution in [0.15, 0.2) is 36.4 Å². The standard InChI is InChI=1S/C21H22Cl2N2O2/c1-5-27-14-7-9-18-15(11-14)21(4)12-20(2,3)25(18)19(26)24(21)13-6-8-16(22)17(23)10-13/h6-11H,5,12H2,1-4H3/t21-/m0/s1. The number of carbonyl (C=O) groups excluding carboxylic acids is 1. The van der Waals surface area contributed by atoms with E-state index in [2.05, 4.69) is 26.8 Å². The predicted molar refractivity (Wildman–Crippen MR) is 110 cm³/mol. The van der Waals surface area contributed by atoms with Gasteiger partial charge in [-0.15, -0.1) is 0 Å². The highest BCUT2D eigenvalue weighted by molar-refractivity contribution is 6.42. The van der Waals surface area contributed by atoms with E-state index in [9.17, 15) is 4.79 Å². The SMILES string of the molecule is CCOc1ccc2c(c1)[C@]1(C)CC(C)(C)N2C(=O)N1c1ccc(Cl)c(Cl)c1. The van der Waals surface area contributed by atoms with Gasteiger partial charge in [-0.1, -0.05) is 23.2 Å². The van der Waals surface area contributed by atoms with Gasteiger partial charge in [-0.25, -0.2) is 4.79 Å². The zero-order chi connectivity index (χ0) is 19.6. The smallest absolute Gasteiger partial charge is 0.330 e. The van der Waals surface area contributed by atoms with Gasteiger partial charge in [0.2, 0.25) is 0 Å². The molecule has 0 unspecified atom stereocenters. The van der Waals surface area contributed by atoms with Crippen LogP contribution in [0.2, 0.25) is 10.0 Å². The van der Waals surface area contributed by atoms with E-state index in [1.54, 1.807) is 12.1 Å². The maximum absolute atomic E-state index is 13.5. The Kier molecular flexibility index (Phi) is 4.13. The molecule has 142 valence electrons. The molecule has 2 aromatic rings. The molecular formula is C21H22Cl2N2O2. The lowest BCUT2D eigenvalue weighted by Gasteiger charge is -2.61. The molecule has 0 radical (unpaired) electrons. The Morgan fingerprint density at radius 3 is 2.44 bits per heavy atom. The molecule has 2 amide bonds. The fourth-order valence-electron chi connectivity index (χ4n) is 4.63. The zero-order valence-corrected chi connectivity index (χ0v) is 17.4. The van der Waals surface area contributed by atoms with Gasteiger partial charge in [0.05, 0.1) is 27.9 Å². The number of carbonyl (C=O) groups is 1. The first-order valence-electron chi connectivity index (χ1n) is 9.06. The van der Waals surface area contributed by atoms with Crippen molar-refractivity contribution in [3.8, 4) is 5.75 Å². The third kappa shape index (κ3) is 2.61. The second-order valence-corrected chi connectivity index (χ2v) is 8.74. The molecule has 2 aromatic carbocycles. The maximum atomic E-state index is 13.5. The quantitative estimate of drug-likeness (QED) is 0.606. The van der Waals surface area contributed by atoms with Gasteiger partial charge in [0.15, 0.2) is 0 Å². The third-order valence-corrected chi connectivity index (χ3v) is 6.26. The number of urea groups is 1. The van der Waals surface area contributed by atoms with Gasteiger partial charge in [-0.3, -0.25) is 9.80 Å². The third-order valence-electron chi connectivity index (χ3n) is 5.52. The molecule has 4 nitrogen and oxygen atoms in total. The van der Waals surface area contributed by atoms with Crippen LogP contribution in [0.4, 0.5) is 16.2 Å². The molecule has 0 aliphatic carbocycles. The van der Waals surface area contributed by atoms with Gasteiger partial charge in [0, 0.05) is 16.8 Å². The van der Waals surface area contributed by atoms with Crippen LogP contribution in [0.1, 0.15) is 39.7 Å². The van der Waals surface area contributed by atoms with E-state index < -0.39 is 5.54 Å². The topological polar surface area (TPSA) is 32.8 Å². The summed E-state index contributed by atoms with van der Waals surface area (Å²) >= 11 is 12.3. The number of nitrogens with zero attached hydrogens (tertiary/aromatic N) is 2. The van der Waals surface area contributed by atoms with Crippen molar-refractivity contribution in [3.63, 3.8) is 0 Å². The Morgan fingerprint density at radius 1 is 1.04 bits per heavy atom. The Balaban J connectivity index is 1.93. The lowest BCUT2D eigenvalue weighted by Crippen LogP contribution is -2.71. The summed E-state index contributed by atoms with van der Waals surface area (Å²) in [6.07, 6.45) is 0.786. The van der Waals surface area contributed by atoms with Crippen molar-refractivity contribution in [1.29, 1.82) is 0 Å². The molecule has 3 aliphatic rings. The summed E-state index contributed by atoms with van der Waals surface area (Å²) in [6, 6.07) is 11.3. The first kappa shape index (κ1) is 18.5. The Hall–Kier alpha value is -1.91. The minimum atomic E-state index is -0.519. The second kappa shape index (κ2) is 6.05. The number of anilines is 2. The summed E-state index contributed by atoms with van der Waals surface area (Å²) in [6.45, 7) is 8.88. The van der Waals surface area contributed by atoms with Crippen LogP contribution >= 0.6 is 23.2 Å². The summed E-state index contributed by atoms with van der Waals surface area (Å²) < 4.78 is 5.72. The monoisotopic (exact) mass is 404 g/mol. The Morgan fingerprint density at radius 2 is 1.78 bits per heavy atom. The molecule has 0 saturated carbocycles. The zero-order valence-electron chi connectivity index (χ0n) is 15.8. The fourth-order valence-corrected chi connectivity index (χ4v) is 4.93. The summed E-state index contributed by atoms with van der Waals surface area (Å²) in [5, 5.41) is 0.907. The summed E-state index contributed by atoms with van der Waals surface area (Å²) in [4.78, 5) is 17.2. The highest BCUT2D eigenvalue weighted by Crippen LogP contribution is 2.56. The first-order chi connectivity index (χ1) is 12.7. The highest BCUT2D eigenvalue weighted by Gasteiger charge is 2.58. The number of fused-ring (bicyclic) bond motifs is 2. The van der Waals surface area contributed by atoms with E-state index in [1.807, 2.05) is 34.9 Å². The van der Waals surface area contributed by atoms with Crippen molar-refractivity contribution >= 4 is 40.6 Å². The van der Waals surface area contributed by atoms with E-state index >= 15 is 0 Å². The number of ether oxygens (including phenoxy) is 1. The lowest BCUT2D eigenvalue weighted by molar-refractivity contribution is 0.199. The molecule has 0 aromatic heterocycles. The van der Waals surface area contributed by atoms with Crippen molar-refractivity contribution in [1.82, 2.24) is 0 Å². The Bertz CT molecular complexity index is 944. The van der Waals surface area contributed by atoms with Crippen LogP contribution in [0, 0.1) is 0 Å². The molecule has 2 bridgehead atoms. The minimum absolute atomic E-state index is 0.0520. The van der Waals surface area contributed by atoms with Crippen LogP contribution in [0.25, 0.3) is 0 Å². The molecule has 0 N–H and O–H groups in total. The normalized spacial score (nSPS) is 22.8. The molecule has 1 atom stereocenters. The van der Waals surface area contributed by atoms with Crippen LogP contribution < -0.4 is 14.5 Å². The largest absolute Gasteiger partial charge is 0.494 e. The van der Waals surface area contributed by atoms with E-state index in [0.717, 1.165) is 29.1 Å². The number of rotatable bonds is 3. The van der Waals surface area contributed by atoms with Gasteiger partial charge in [0.25, 0.3) is 0 Å². The van der Waals surface area contributed by atoms with E-state index in [4.69, 9.17) is 27.9 Å². The molecule has 3 aliphatic heterocycles. The number of benzene rings is 2. The van der Waals surface area contributed by atoms with Gasteiger partial charge >= 0.3 is 6.03 Å². The van der Waals surface area contributed by atoms with Crippen molar-refractivity contribution in [2.45, 2.75) is 45.2 Å². The van der Waals surface area contributed by atoms with Crippen molar-refractivity contribution in [2.24, 2.45) is 0 Å². The average Bonchev–Trinajstić information content (AvgIpc) is 2.57. The van der Waals surface area contributed by atoms with Crippen molar-refractivity contribution in [2.75, 3.05) is 16.4 Å². The van der Waals surface area contributed by atoms with Crippen LogP contribution in [0.5, 0.6) is 5.75 Å². The second-order valence-electron chi connectivity index (χ2n) is 7.93. The molecule has 3 heterocycles. The van der Waals surface area contributed by atoms with E-state index in [0.29, 0.717) is 16.7 Å². The van der Waals surface area contributed by atoms with Crippen LogP contribution in [-0.2, 0) is 5.54 Å². The number of hydrogen-bond acceptors (Lipinski definition) is 2. The lowest BCUT2D eigenvalue weighted by atomic mass is 9.71. The van der Waals surface area contributed by atoms with Gasteiger partial charge < -0.3 is 4.74 Å². The Labute approximate surface area is 169 Å². The minimum Gasteiger partial charge on any atom is -0.494 e. The first-order valence-corrected chi connectivity index (χ1v) is 9.81. The average molecular weight is 405 g/mol. The molecular weight excluding hydrogens is 383 g/mol. The van der Waals surface area contributed by atoms with Crippen LogP contribution in [-0.4, -0.2) is 18.2 Å². The summed E-state index contributed by atoms with van der Waals surface area (Å²) in [5.74, 6) is 0.811. The van der Waals surface area contributed by atoms with E-state index in [1.165, 1.54) is 0 Å². The molecule has 1 saturated heterocycles. The van der Waals surface area contributed by atoms with Crippen molar-refractivity contribution < 1.29 is 9.53 Å². The highest BCUT2D eigenvalue weighted by atomic mass is 35.5.